The van der Waals surface area contributed by atoms with E-state index in [1.165, 1.54) is 25.9 Å². The molecule has 1 aromatic heterocycles. The van der Waals surface area contributed by atoms with Gasteiger partial charge in [-0.1, -0.05) is 18.2 Å². The molecule has 0 radical (unpaired) electrons. The van der Waals surface area contributed by atoms with Crippen LogP contribution in [-0.2, 0) is 16.3 Å². The number of nitrogens with one attached hydrogen (secondary N) is 1. The summed E-state index contributed by atoms with van der Waals surface area (Å²) in [5, 5.41) is 3.33. The highest BCUT2D eigenvalue weighted by Crippen LogP contribution is 2.39. The largest absolute Gasteiger partial charge is 0.484 e. The van der Waals surface area contributed by atoms with Crippen molar-refractivity contribution in [2.24, 2.45) is 0 Å². The van der Waals surface area contributed by atoms with E-state index in [2.05, 4.69) is 10.2 Å². The van der Waals surface area contributed by atoms with Crippen LogP contribution < -0.4 is 10.1 Å². The van der Waals surface area contributed by atoms with Crippen molar-refractivity contribution >= 4 is 21.2 Å². The number of rotatable bonds is 7. The van der Waals surface area contributed by atoms with Gasteiger partial charge < -0.3 is 9.64 Å². The van der Waals surface area contributed by atoms with Crippen LogP contribution in [0, 0.1) is 0 Å². The minimum absolute atomic E-state index is 0.356. The maximum Gasteiger partial charge on any atom is 0.198 e. The van der Waals surface area contributed by atoms with Gasteiger partial charge in [0.15, 0.2) is 14.9 Å². The fraction of sp³-hybridized carbons (Fsp3) is 0.500. The molecule has 0 amide bonds. The quantitative estimate of drug-likeness (QED) is 0.716. The molecule has 2 aromatic rings. The molecule has 2 aliphatic heterocycles. The average Bonchev–Trinajstić information content (AvgIpc) is 3.35. The van der Waals surface area contributed by atoms with Crippen molar-refractivity contribution in [1.82, 2.24) is 10.2 Å². The smallest absolute Gasteiger partial charge is 0.198 e. The van der Waals surface area contributed by atoms with E-state index >= 15 is 0 Å². The molecule has 5 nitrogen and oxygen atoms in total. The summed E-state index contributed by atoms with van der Waals surface area (Å²) in [6.45, 7) is 4.84. The number of thiophene rings is 1. The molecule has 1 saturated heterocycles. The van der Waals surface area contributed by atoms with Crippen LogP contribution in [0.4, 0.5) is 0 Å². The van der Waals surface area contributed by atoms with Gasteiger partial charge in [-0.2, -0.15) is 0 Å². The summed E-state index contributed by atoms with van der Waals surface area (Å²) in [6, 6.07) is 10.6. The predicted molar refractivity (Wildman–Crippen MR) is 108 cm³/mol. The topological polar surface area (TPSA) is 58.6 Å². The fourth-order valence-corrected chi connectivity index (χ4v) is 6.66. The minimum atomic E-state index is -3.47. The lowest BCUT2D eigenvalue weighted by atomic mass is 10.1. The van der Waals surface area contributed by atoms with Crippen molar-refractivity contribution in [3.8, 4) is 5.06 Å². The Kier molecular flexibility index (Phi) is 5.82. The van der Waals surface area contributed by atoms with E-state index in [-0.39, 0.29) is 0 Å². The first-order chi connectivity index (χ1) is 13.1. The van der Waals surface area contributed by atoms with E-state index < -0.39 is 15.2 Å². The Balaban J connectivity index is 1.43. The third-order valence-electron chi connectivity index (χ3n) is 5.23. The molecule has 1 fully saturated rings. The number of hydrogen-bond acceptors (Lipinski definition) is 6. The van der Waals surface area contributed by atoms with Crippen molar-refractivity contribution in [2.45, 2.75) is 36.0 Å². The molecule has 7 heteroatoms. The second-order valence-electron chi connectivity index (χ2n) is 7.14. The van der Waals surface area contributed by atoms with Gasteiger partial charge in [-0.25, -0.2) is 8.42 Å². The SMILES string of the molecule is O=S(=O)(c1ccccc1)C1NCCc2sc(OCCCN3CCCC3)cc21. The molecule has 0 bridgehead atoms. The third kappa shape index (κ3) is 4.21. The van der Waals surface area contributed by atoms with Crippen LogP contribution in [0.25, 0.3) is 0 Å². The van der Waals surface area contributed by atoms with Gasteiger partial charge in [0, 0.05) is 23.5 Å². The van der Waals surface area contributed by atoms with Gasteiger partial charge in [-0.05, 0) is 57.0 Å². The van der Waals surface area contributed by atoms with Gasteiger partial charge in [0.25, 0.3) is 0 Å². The predicted octanol–water partition coefficient (Wildman–Crippen LogP) is 3.23. The maximum atomic E-state index is 13.1. The van der Waals surface area contributed by atoms with Crippen LogP contribution in [0.5, 0.6) is 5.06 Å². The lowest BCUT2D eigenvalue weighted by Crippen LogP contribution is -2.34. The Bertz CT molecular complexity index is 859. The number of hydrogen-bond donors (Lipinski definition) is 1. The molecule has 2 aliphatic rings. The zero-order valence-electron chi connectivity index (χ0n) is 15.4. The van der Waals surface area contributed by atoms with Gasteiger partial charge in [-0.3, -0.25) is 5.32 Å². The second-order valence-corrected chi connectivity index (χ2v) is 10.3. The monoisotopic (exact) mass is 406 g/mol. The van der Waals surface area contributed by atoms with E-state index in [0.717, 1.165) is 34.9 Å². The van der Waals surface area contributed by atoms with E-state index in [1.807, 2.05) is 12.1 Å². The summed E-state index contributed by atoms with van der Waals surface area (Å²) in [5.74, 6) is 0. The van der Waals surface area contributed by atoms with E-state index in [1.54, 1.807) is 35.6 Å². The molecule has 0 spiro atoms. The normalized spacial score (nSPS) is 20.5. The Hall–Kier alpha value is -1.41. The van der Waals surface area contributed by atoms with E-state index in [4.69, 9.17) is 4.74 Å². The van der Waals surface area contributed by atoms with Crippen molar-refractivity contribution in [3.05, 3.63) is 46.8 Å². The first-order valence-electron chi connectivity index (χ1n) is 9.65. The molecule has 3 heterocycles. The van der Waals surface area contributed by atoms with Crippen molar-refractivity contribution < 1.29 is 13.2 Å². The first-order valence-corrected chi connectivity index (χ1v) is 12.0. The molecule has 0 aliphatic carbocycles. The van der Waals surface area contributed by atoms with Crippen LogP contribution in [0.1, 0.15) is 35.1 Å². The third-order valence-corrected chi connectivity index (χ3v) is 8.32. The number of likely N-dealkylation sites (tertiary alicyclic amines) is 1. The van der Waals surface area contributed by atoms with E-state index in [0.29, 0.717) is 18.0 Å². The highest BCUT2D eigenvalue weighted by atomic mass is 32.2. The van der Waals surface area contributed by atoms with Crippen LogP contribution in [0.15, 0.2) is 41.3 Å². The Morgan fingerprint density at radius 2 is 1.96 bits per heavy atom. The molecule has 1 aromatic carbocycles. The summed E-state index contributed by atoms with van der Waals surface area (Å²) in [6.07, 6.45) is 4.47. The van der Waals surface area contributed by atoms with Gasteiger partial charge in [-0.15, -0.1) is 11.3 Å². The molecule has 1 unspecified atom stereocenters. The summed E-state index contributed by atoms with van der Waals surface area (Å²) in [5.41, 5.74) is 0.852. The zero-order valence-corrected chi connectivity index (χ0v) is 17.0. The summed E-state index contributed by atoms with van der Waals surface area (Å²) >= 11 is 1.59. The number of fused-ring (bicyclic) bond motifs is 1. The molecule has 1 atom stereocenters. The van der Waals surface area contributed by atoms with Gasteiger partial charge >= 0.3 is 0 Å². The molecular weight excluding hydrogens is 380 g/mol. The fourth-order valence-electron chi connectivity index (χ4n) is 3.82. The van der Waals surface area contributed by atoms with Crippen molar-refractivity contribution in [1.29, 1.82) is 0 Å². The molecular formula is C20H26N2O3S2. The Morgan fingerprint density at radius 3 is 2.74 bits per heavy atom. The summed E-state index contributed by atoms with van der Waals surface area (Å²) in [4.78, 5) is 3.96. The lowest BCUT2D eigenvalue weighted by molar-refractivity contribution is 0.268. The van der Waals surface area contributed by atoms with Gasteiger partial charge in [0.05, 0.1) is 11.5 Å². The summed E-state index contributed by atoms with van der Waals surface area (Å²) < 4.78 is 32.1. The molecule has 0 saturated carbocycles. The van der Waals surface area contributed by atoms with Crippen LogP contribution in [0.2, 0.25) is 0 Å². The average molecular weight is 407 g/mol. The van der Waals surface area contributed by atoms with Gasteiger partial charge in [0.1, 0.15) is 5.37 Å². The van der Waals surface area contributed by atoms with Crippen LogP contribution in [0.3, 0.4) is 0 Å². The number of sulfone groups is 1. The number of nitrogens with zero attached hydrogens (tertiary/aromatic N) is 1. The van der Waals surface area contributed by atoms with E-state index in [9.17, 15) is 8.42 Å². The molecule has 1 N–H and O–H groups in total. The highest BCUT2D eigenvalue weighted by Gasteiger charge is 2.34. The molecule has 146 valence electrons. The minimum Gasteiger partial charge on any atom is -0.484 e. The van der Waals surface area contributed by atoms with Crippen molar-refractivity contribution in [3.63, 3.8) is 0 Å². The van der Waals surface area contributed by atoms with Crippen LogP contribution in [-0.4, -0.2) is 46.1 Å². The van der Waals surface area contributed by atoms with Crippen molar-refractivity contribution in [2.75, 3.05) is 32.8 Å². The van der Waals surface area contributed by atoms with Crippen LogP contribution >= 0.6 is 11.3 Å². The summed E-state index contributed by atoms with van der Waals surface area (Å²) in [7, 11) is -3.47. The number of ether oxygens (including phenoxy) is 1. The Labute approximate surface area is 165 Å². The zero-order chi connectivity index (χ0) is 18.7. The lowest BCUT2D eigenvalue weighted by Gasteiger charge is -2.24. The number of benzene rings is 1. The standard InChI is InChI=1S/C20H26N2O3S2/c23-27(24,16-7-2-1-3-8-16)20-17-15-19(26-18(17)9-10-21-20)25-14-6-13-22-11-4-5-12-22/h1-3,7-8,15,20-21H,4-6,9-14H2. The maximum absolute atomic E-state index is 13.1. The molecule has 27 heavy (non-hydrogen) atoms. The Morgan fingerprint density at radius 1 is 1.19 bits per heavy atom. The molecule has 4 rings (SSSR count). The first kappa shape index (κ1) is 18.9. The van der Waals surface area contributed by atoms with Gasteiger partial charge in [0.2, 0.25) is 0 Å². The highest BCUT2D eigenvalue weighted by molar-refractivity contribution is 7.91. The second kappa shape index (κ2) is 8.31.